The highest BCUT2D eigenvalue weighted by Crippen LogP contribution is 2.24. The average Bonchev–Trinajstić information content (AvgIpc) is 3.25. The summed E-state index contributed by atoms with van der Waals surface area (Å²) in [4.78, 5) is 16.6. The van der Waals surface area contributed by atoms with Crippen LogP contribution in [0.2, 0.25) is 10.0 Å². The number of carbonyl (C=O) groups is 1. The quantitative estimate of drug-likeness (QED) is 0.387. The molecular weight excluding hydrogens is 447 g/mol. The van der Waals surface area contributed by atoms with Gasteiger partial charge in [0.25, 0.3) is 5.91 Å². The summed E-state index contributed by atoms with van der Waals surface area (Å²) in [5, 5.41) is 16.7. The molecule has 0 aliphatic rings. The molecular formula is C23H14Cl2N6O. The normalized spacial score (nSPS) is 10.9. The standard InChI is InChI=1S/C23H14Cl2N6O/c24-16-3-6-19(25)18(13-16)23(32)27-17-4-1-14(2-5-17)20-7-8-21-28-29-22(31(21)30-20)15-9-11-26-12-10-15/h1-13H,(H,27,32). The lowest BCUT2D eigenvalue weighted by atomic mass is 10.1. The van der Waals surface area contributed by atoms with E-state index in [1.165, 1.54) is 6.07 Å². The Kier molecular flexibility index (Phi) is 5.26. The van der Waals surface area contributed by atoms with E-state index in [1.807, 2.05) is 36.4 Å². The van der Waals surface area contributed by atoms with Gasteiger partial charge >= 0.3 is 0 Å². The van der Waals surface area contributed by atoms with Crippen molar-refractivity contribution in [2.45, 2.75) is 0 Å². The lowest BCUT2D eigenvalue weighted by Crippen LogP contribution is -2.12. The second kappa shape index (κ2) is 8.37. The zero-order valence-electron chi connectivity index (χ0n) is 16.4. The van der Waals surface area contributed by atoms with Crippen LogP contribution < -0.4 is 5.32 Å². The van der Waals surface area contributed by atoms with Crippen LogP contribution in [0.4, 0.5) is 5.69 Å². The third-order valence-corrected chi connectivity index (χ3v) is 5.38. The number of benzene rings is 2. The van der Waals surface area contributed by atoms with Crippen molar-refractivity contribution in [1.82, 2.24) is 24.8 Å². The fourth-order valence-electron chi connectivity index (χ4n) is 3.22. The lowest BCUT2D eigenvalue weighted by Gasteiger charge is -2.08. The molecule has 0 unspecified atom stereocenters. The van der Waals surface area contributed by atoms with Gasteiger partial charge in [0, 0.05) is 34.2 Å². The van der Waals surface area contributed by atoms with E-state index in [-0.39, 0.29) is 5.91 Å². The Bertz CT molecular complexity index is 1430. The van der Waals surface area contributed by atoms with Gasteiger partial charge < -0.3 is 5.32 Å². The van der Waals surface area contributed by atoms with Gasteiger partial charge in [-0.05, 0) is 54.6 Å². The van der Waals surface area contributed by atoms with Crippen LogP contribution in [0, 0.1) is 0 Å². The first-order valence-corrected chi connectivity index (χ1v) is 10.3. The van der Waals surface area contributed by atoms with Crippen LogP contribution in [0.15, 0.2) is 79.1 Å². The van der Waals surface area contributed by atoms with E-state index in [2.05, 4.69) is 20.5 Å². The fraction of sp³-hybridized carbons (Fsp3) is 0. The number of hydrogen-bond donors (Lipinski definition) is 1. The van der Waals surface area contributed by atoms with Crippen LogP contribution in [-0.4, -0.2) is 30.7 Å². The maximum absolute atomic E-state index is 12.5. The molecule has 3 heterocycles. The molecule has 1 N–H and O–H groups in total. The summed E-state index contributed by atoms with van der Waals surface area (Å²) in [5.41, 5.74) is 4.06. The van der Waals surface area contributed by atoms with E-state index in [4.69, 9.17) is 28.3 Å². The van der Waals surface area contributed by atoms with Crippen LogP contribution in [0.5, 0.6) is 0 Å². The minimum atomic E-state index is -0.337. The van der Waals surface area contributed by atoms with Crippen molar-refractivity contribution < 1.29 is 4.79 Å². The Labute approximate surface area is 192 Å². The number of anilines is 1. The van der Waals surface area contributed by atoms with Gasteiger partial charge in [-0.1, -0.05) is 35.3 Å². The van der Waals surface area contributed by atoms with Crippen molar-refractivity contribution in [3.8, 4) is 22.6 Å². The molecule has 3 aromatic heterocycles. The zero-order chi connectivity index (χ0) is 22.1. The Morgan fingerprint density at radius 1 is 0.844 bits per heavy atom. The van der Waals surface area contributed by atoms with Crippen LogP contribution in [0.1, 0.15) is 10.4 Å². The van der Waals surface area contributed by atoms with Crippen molar-refractivity contribution >= 4 is 40.4 Å². The molecule has 156 valence electrons. The molecule has 0 fully saturated rings. The molecule has 5 rings (SSSR count). The molecule has 0 bridgehead atoms. The SMILES string of the molecule is O=C(Nc1ccc(-c2ccc3nnc(-c4ccncc4)n3n2)cc1)c1cc(Cl)ccc1Cl. The first-order valence-electron chi connectivity index (χ1n) is 9.58. The van der Waals surface area contributed by atoms with Gasteiger partial charge in [0.1, 0.15) is 0 Å². The Balaban J connectivity index is 1.41. The van der Waals surface area contributed by atoms with Gasteiger partial charge in [-0.2, -0.15) is 9.61 Å². The lowest BCUT2D eigenvalue weighted by molar-refractivity contribution is 0.102. The number of pyridine rings is 1. The third kappa shape index (κ3) is 3.91. The molecule has 1 amide bonds. The van der Waals surface area contributed by atoms with Gasteiger partial charge in [0.15, 0.2) is 11.5 Å². The molecule has 32 heavy (non-hydrogen) atoms. The smallest absolute Gasteiger partial charge is 0.257 e. The maximum Gasteiger partial charge on any atom is 0.257 e. The number of carbonyl (C=O) groups excluding carboxylic acids is 1. The number of nitrogens with zero attached hydrogens (tertiary/aromatic N) is 5. The van der Waals surface area contributed by atoms with Gasteiger partial charge in [0.05, 0.1) is 16.3 Å². The van der Waals surface area contributed by atoms with E-state index >= 15 is 0 Å². The second-order valence-corrected chi connectivity index (χ2v) is 7.75. The largest absolute Gasteiger partial charge is 0.322 e. The maximum atomic E-state index is 12.5. The molecule has 0 saturated carbocycles. The number of rotatable bonds is 4. The molecule has 0 saturated heterocycles. The highest BCUT2D eigenvalue weighted by atomic mass is 35.5. The Hall–Kier alpha value is -3.81. The summed E-state index contributed by atoms with van der Waals surface area (Å²) in [5.74, 6) is 0.294. The van der Waals surface area contributed by atoms with Crippen LogP contribution in [0.25, 0.3) is 28.3 Å². The number of amides is 1. The van der Waals surface area contributed by atoms with Crippen molar-refractivity contribution in [3.63, 3.8) is 0 Å². The highest BCUT2D eigenvalue weighted by Gasteiger charge is 2.13. The first-order chi connectivity index (χ1) is 15.6. The fourth-order valence-corrected chi connectivity index (χ4v) is 3.59. The van der Waals surface area contributed by atoms with Crippen LogP contribution >= 0.6 is 23.2 Å². The van der Waals surface area contributed by atoms with E-state index in [0.29, 0.717) is 32.8 Å². The number of fused-ring (bicyclic) bond motifs is 1. The van der Waals surface area contributed by atoms with Crippen molar-refractivity contribution in [2.75, 3.05) is 5.32 Å². The summed E-state index contributed by atoms with van der Waals surface area (Å²) in [6, 6.07) is 19.6. The number of halogens is 2. The Morgan fingerprint density at radius 2 is 1.62 bits per heavy atom. The third-order valence-electron chi connectivity index (χ3n) is 4.81. The molecule has 7 nitrogen and oxygen atoms in total. The predicted molar refractivity (Wildman–Crippen MR) is 124 cm³/mol. The molecule has 5 aromatic rings. The van der Waals surface area contributed by atoms with E-state index in [1.54, 1.807) is 41.2 Å². The van der Waals surface area contributed by atoms with E-state index in [0.717, 1.165) is 16.8 Å². The summed E-state index contributed by atoms with van der Waals surface area (Å²) >= 11 is 12.1. The molecule has 0 aliphatic carbocycles. The first kappa shape index (κ1) is 20.1. The molecule has 0 atom stereocenters. The van der Waals surface area contributed by atoms with Crippen molar-refractivity contribution in [2.24, 2.45) is 0 Å². The number of nitrogens with one attached hydrogen (secondary N) is 1. The van der Waals surface area contributed by atoms with Crippen LogP contribution in [0.3, 0.4) is 0 Å². The summed E-state index contributed by atoms with van der Waals surface area (Å²) in [6.45, 7) is 0. The van der Waals surface area contributed by atoms with Gasteiger partial charge in [-0.25, -0.2) is 0 Å². The second-order valence-electron chi connectivity index (χ2n) is 6.90. The van der Waals surface area contributed by atoms with Gasteiger partial charge in [-0.3, -0.25) is 9.78 Å². The average molecular weight is 461 g/mol. The molecule has 0 spiro atoms. The summed E-state index contributed by atoms with van der Waals surface area (Å²) in [7, 11) is 0. The molecule has 0 radical (unpaired) electrons. The minimum absolute atomic E-state index is 0.312. The number of hydrogen-bond acceptors (Lipinski definition) is 5. The van der Waals surface area contributed by atoms with Crippen LogP contribution in [-0.2, 0) is 0 Å². The number of aromatic nitrogens is 5. The van der Waals surface area contributed by atoms with Crippen molar-refractivity contribution in [3.05, 3.63) is 94.7 Å². The molecule has 9 heteroatoms. The Morgan fingerprint density at radius 3 is 2.41 bits per heavy atom. The van der Waals surface area contributed by atoms with E-state index < -0.39 is 0 Å². The molecule has 0 aliphatic heterocycles. The summed E-state index contributed by atoms with van der Waals surface area (Å²) in [6.07, 6.45) is 3.40. The van der Waals surface area contributed by atoms with E-state index in [9.17, 15) is 4.79 Å². The van der Waals surface area contributed by atoms with Gasteiger partial charge in [-0.15, -0.1) is 10.2 Å². The topological polar surface area (TPSA) is 85.1 Å². The summed E-state index contributed by atoms with van der Waals surface area (Å²) < 4.78 is 1.70. The minimum Gasteiger partial charge on any atom is -0.322 e. The highest BCUT2D eigenvalue weighted by molar-refractivity contribution is 6.36. The van der Waals surface area contributed by atoms with Crippen molar-refractivity contribution in [1.29, 1.82) is 0 Å². The molecule has 2 aromatic carbocycles. The van der Waals surface area contributed by atoms with Gasteiger partial charge in [0.2, 0.25) is 0 Å². The monoisotopic (exact) mass is 460 g/mol. The zero-order valence-corrected chi connectivity index (χ0v) is 17.9. The predicted octanol–water partition coefficient (Wildman–Crippen LogP) is 5.41.